The number of carbonyl (C=O) groups excluding carboxylic acids is 1. The monoisotopic (exact) mass is 399 g/mol. The van der Waals surface area contributed by atoms with E-state index in [0.717, 1.165) is 24.0 Å². The van der Waals surface area contributed by atoms with Gasteiger partial charge in [0.1, 0.15) is 11.3 Å². The number of anilines is 1. The first-order chi connectivity index (χ1) is 13.5. The quantitative estimate of drug-likeness (QED) is 0.689. The molecule has 2 heterocycles. The van der Waals surface area contributed by atoms with Crippen molar-refractivity contribution < 1.29 is 13.9 Å². The van der Waals surface area contributed by atoms with E-state index in [1.165, 1.54) is 0 Å². The summed E-state index contributed by atoms with van der Waals surface area (Å²) in [5.74, 6) is 0.959. The number of benzene rings is 2. The summed E-state index contributed by atoms with van der Waals surface area (Å²) in [6.07, 6.45) is 0.929. The van der Waals surface area contributed by atoms with Crippen molar-refractivity contribution in [1.82, 2.24) is 9.88 Å². The van der Waals surface area contributed by atoms with Gasteiger partial charge in [0.15, 0.2) is 5.58 Å². The molecule has 0 radical (unpaired) electrons. The van der Waals surface area contributed by atoms with Crippen LogP contribution in [0.3, 0.4) is 0 Å². The molecule has 4 rings (SSSR count). The number of amides is 1. The lowest BCUT2D eigenvalue weighted by atomic mass is 10.1. The van der Waals surface area contributed by atoms with Crippen LogP contribution in [-0.4, -0.2) is 42.5 Å². The molecule has 1 atom stereocenters. The second kappa shape index (κ2) is 7.72. The molecule has 28 heavy (non-hydrogen) atoms. The molecule has 0 aliphatic carbocycles. The van der Waals surface area contributed by atoms with Crippen molar-refractivity contribution in [2.75, 3.05) is 32.1 Å². The minimum Gasteiger partial charge on any atom is -0.496 e. The molecule has 1 saturated heterocycles. The minimum absolute atomic E-state index is 0.0135. The third kappa shape index (κ3) is 3.78. The van der Waals surface area contributed by atoms with Gasteiger partial charge in [-0.3, -0.25) is 4.79 Å². The first-order valence-corrected chi connectivity index (χ1v) is 9.65. The van der Waals surface area contributed by atoms with Gasteiger partial charge in [0.05, 0.1) is 12.7 Å². The summed E-state index contributed by atoms with van der Waals surface area (Å²) in [5.41, 5.74) is 3.08. The molecule has 146 valence electrons. The first-order valence-electron chi connectivity index (χ1n) is 9.27. The van der Waals surface area contributed by atoms with Gasteiger partial charge in [-0.15, -0.1) is 0 Å². The van der Waals surface area contributed by atoms with Crippen LogP contribution in [0, 0.1) is 12.8 Å². The van der Waals surface area contributed by atoms with Gasteiger partial charge in [0, 0.05) is 30.7 Å². The molecule has 1 aliphatic heterocycles. The van der Waals surface area contributed by atoms with Crippen LogP contribution in [0.15, 0.2) is 40.8 Å². The number of halogens is 1. The average molecular weight is 400 g/mol. The maximum absolute atomic E-state index is 12.9. The van der Waals surface area contributed by atoms with E-state index in [4.69, 9.17) is 20.8 Å². The van der Waals surface area contributed by atoms with Crippen LogP contribution in [-0.2, 0) is 0 Å². The van der Waals surface area contributed by atoms with Crippen molar-refractivity contribution in [3.63, 3.8) is 0 Å². The van der Waals surface area contributed by atoms with Gasteiger partial charge in [-0.1, -0.05) is 23.2 Å². The summed E-state index contributed by atoms with van der Waals surface area (Å²) in [4.78, 5) is 19.2. The molecule has 6 nitrogen and oxygen atoms in total. The number of aromatic nitrogens is 1. The lowest BCUT2D eigenvalue weighted by molar-refractivity contribution is 0.0784. The number of rotatable bonds is 5. The summed E-state index contributed by atoms with van der Waals surface area (Å²) in [5, 5.41) is 3.86. The summed E-state index contributed by atoms with van der Waals surface area (Å²) < 4.78 is 11.1. The molecule has 7 heteroatoms. The van der Waals surface area contributed by atoms with Crippen molar-refractivity contribution in [2.45, 2.75) is 13.3 Å². The molecule has 1 aliphatic rings. The molecule has 0 saturated carbocycles. The van der Waals surface area contributed by atoms with Crippen LogP contribution in [0.2, 0.25) is 5.02 Å². The van der Waals surface area contributed by atoms with Crippen LogP contribution in [0.4, 0.5) is 6.01 Å². The molecule has 2 aromatic carbocycles. The van der Waals surface area contributed by atoms with E-state index in [9.17, 15) is 4.79 Å². The molecular weight excluding hydrogens is 378 g/mol. The van der Waals surface area contributed by atoms with Crippen molar-refractivity contribution in [1.29, 1.82) is 0 Å². The van der Waals surface area contributed by atoms with Gasteiger partial charge in [-0.05, 0) is 43.5 Å². The largest absolute Gasteiger partial charge is 0.496 e. The number of carbonyl (C=O) groups is 1. The average Bonchev–Trinajstić information content (AvgIpc) is 3.32. The normalized spacial score (nSPS) is 16.5. The van der Waals surface area contributed by atoms with Gasteiger partial charge in [-0.25, -0.2) is 0 Å². The van der Waals surface area contributed by atoms with Crippen LogP contribution in [0.25, 0.3) is 11.1 Å². The Hall–Kier alpha value is -2.73. The number of oxazole rings is 1. The molecule has 1 aromatic heterocycles. The third-order valence-electron chi connectivity index (χ3n) is 5.05. The highest BCUT2D eigenvalue weighted by molar-refractivity contribution is 6.31. The zero-order valence-electron chi connectivity index (χ0n) is 15.9. The maximum Gasteiger partial charge on any atom is 0.295 e. The zero-order valence-corrected chi connectivity index (χ0v) is 16.6. The molecule has 1 amide bonds. The SMILES string of the molecule is COc1ccc(C)cc1C(=O)N1CCC(CNc2nc3ccc(Cl)cc3o2)C1. The molecule has 3 aromatic rings. The summed E-state index contributed by atoms with van der Waals surface area (Å²) in [6, 6.07) is 11.5. The molecule has 0 spiro atoms. The predicted octanol–water partition coefficient (Wildman–Crippen LogP) is 4.37. The smallest absolute Gasteiger partial charge is 0.295 e. The Bertz CT molecular complexity index is 1020. The van der Waals surface area contributed by atoms with Gasteiger partial charge < -0.3 is 19.4 Å². The van der Waals surface area contributed by atoms with Crippen LogP contribution in [0.5, 0.6) is 5.75 Å². The van der Waals surface area contributed by atoms with Crippen LogP contribution < -0.4 is 10.1 Å². The van der Waals surface area contributed by atoms with Crippen LogP contribution >= 0.6 is 11.6 Å². The number of nitrogens with zero attached hydrogens (tertiary/aromatic N) is 2. The molecule has 1 unspecified atom stereocenters. The molecule has 1 N–H and O–H groups in total. The van der Waals surface area contributed by atoms with E-state index in [0.29, 0.717) is 46.9 Å². The van der Waals surface area contributed by atoms with Crippen molar-refractivity contribution in [3.8, 4) is 5.75 Å². The topological polar surface area (TPSA) is 67.6 Å². The van der Waals surface area contributed by atoms with Gasteiger partial charge >= 0.3 is 0 Å². The Balaban J connectivity index is 1.38. The number of likely N-dealkylation sites (tertiary alicyclic amines) is 1. The zero-order chi connectivity index (χ0) is 19.7. The summed E-state index contributed by atoms with van der Waals surface area (Å²) in [6.45, 7) is 4.08. The number of ether oxygens (including phenoxy) is 1. The number of hydrogen-bond donors (Lipinski definition) is 1. The fourth-order valence-corrected chi connectivity index (χ4v) is 3.71. The highest BCUT2D eigenvalue weighted by Crippen LogP contribution is 2.26. The van der Waals surface area contributed by atoms with Crippen LogP contribution in [0.1, 0.15) is 22.3 Å². The highest BCUT2D eigenvalue weighted by Gasteiger charge is 2.28. The van der Waals surface area contributed by atoms with Gasteiger partial charge in [0.25, 0.3) is 11.9 Å². The second-order valence-electron chi connectivity index (χ2n) is 7.12. The summed E-state index contributed by atoms with van der Waals surface area (Å²) >= 11 is 5.98. The number of aryl methyl sites for hydroxylation is 1. The van der Waals surface area contributed by atoms with E-state index < -0.39 is 0 Å². The number of nitrogens with one attached hydrogen (secondary N) is 1. The van der Waals surface area contributed by atoms with Crippen molar-refractivity contribution in [3.05, 3.63) is 52.5 Å². The minimum atomic E-state index is 0.0135. The van der Waals surface area contributed by atoms with E-state index >= 15 is 0 Å². The van der Waals surface area contributed by atoms with E-state index in [1.54, 1.807) is 19.2 Å². The fourth-order valence-electron chi connectivity index (χ4n) is 3.55. The van der Waals surface area contributed by atoms with E-state index in [-0.39, 0.29) is 5.91 Å². The number of fused-ring (bicyclic) bond motifs is 1. The Morgan fingerprint density at radius 1 is 1.36 bits per heavy atom. The first kappa shape index (κ1) is 18.6. The Morgan fingerprint density at radius 3 is 3.04 bits per heavy atom. The van der Waals surface area contributed by atoms with Crippen molar-refractivity contribution in [2.24, 2.45) is 5.92 Å². The molecule has 1 fully saturated rings. The molecule has 0 bridgehead atoms. The maximum atomic E-state index is 12.9. The van der Waals surface area contributed by atoms with Gasteiger partial charge in [0.2, 0.25) is 0 Å². The fraction of sp³-hybridized carbons (Fsp3) is 0.333. The predicted molar refractivity (Wildman–Crippen MR) is 109 cm³/mol. The lowest BCUT2D eigenvalue weighted by Crippen LogP contribution is -2.30. The third-order valence-corrected chi connectivity index (χ3v) is 5.29. The van der Waals surface area contributed by atoms with E-state index in [1.807, 2.05) is 36.1 Å². The van der Waals surface area contributed by atoms with E-state index in [2.05, 4.69) is 10.3 Å². The number of hydrogen-bond acceptors (Lipinski definition) is 5. The summed E-state index contributed by atoms with van der Waals surface area (Å²) in [7, 11) is 1.59. The van der Waals surface area contributed by atoms with Gasteiger partial charge in [-0.2, -0.15) is 4.98 Å². The lowest BCUT2D eigenvalue weighted by Gasteiger charge is -2.18. The highest BCUT2D eigenvalue weighted by atomic mass is 35.5. The molecular formula is C21H22ClN3O3. The van der Waals surface area contributed by atoms with Crippen molar-refractivity contribution >= 4 is 34.6 Å². The number of methoxy groups -OCH3 is 1. The Morgan fingerprint density at radius 2 is 2.21 bits per heavy atom. The second-order valence-corrected chi connectivity index (χ2v) is 7.56. The Kier molecular flexibility index (Phi) is 5.13. The Labute approximate surface area is 168 Å². The standard InChI is InChI=1S/C21H22ClN3O3/c1-13-3-6-18(27-2)16(9-13)20(26)25-8-7-14(12-25)11-23-21-24-17-5-4-15(22)10-19(17)28-21/h3-6,9-10,14H,7-8,11-12H2,1-2H3,(H,23,24).